The molecular formula is C12H22N2O. The smallest absolute Gasteiger partial charge is 0.216 e. The third kappa shape index (κ3) is 2.94. The van der Waals surface area contributed by atoms with Crippen LogP contribution in [0.25, 0.3) is 0 Å². The van der Waals surface area contributed by atoms with Crippen LogP contribution in [0.15, 0.2) is 0 Å². The second-order valence-electron chi connectivity index (χ2n) is 5.12. The summed E-state index contributed by atoms with van der Waals surface area (Å²) in [6.07, 6.45) is 5.87. The number of rotatable bonds is 5. The summed E-state index contributed by atoms with van der Waals surface area (Å²) < 4.78 is 0. The van der Waals surface area contributed by atoms with Gasteiger partial charge in [0.1, 0.15) is 0 Å². The Morgan fingerprint density at radius 3 is 2.73 bits per heavy atom. The minimum absolute atomic E-state index is 0.0664. The molecule has 15 heavy (non-hydrogen) atoms. The van der Waals surface area contributed by atoms with E-state index in [1.54, 1.807) is 6.92 Å². The third-order valence-corrected chi connectivity index (χ3v) is 3.97. The van der Waals surface area contributed by atoms with Gasteiger partial charge in [-0.25, -0.2) is 0 Å². The lowest BCUT2D eigenvalue weighted by Crippen LogP contribution is -2.33. The summed E-state index contributed by atoms with van der Waals surface area (Å²) in [6, 6.07) is 0. The highest BCUT2D eigenvalue weighted by Gasteiger charge is 2.38. The number of amides is 1. The molecule has 0 aromatic carbocycles. The fourth-order valence-corrected chi connectivity index (χ4v) is 3.24. The van der Waals surface area contributed by atoms with Crippen LogP contribution < -0.4 is 10.6 Å². The summed E-state index contributed by atoms with van der Waals surface area (Å²) in [5.74, 6) is 3.03. The molecule has 3 atom stereocenters. The molecule has 3 heteroatoms. The minimum Gasteiger partial charge on any atom is -0.355 e. The van der Waals surface area contributed by atoms with E-state index >= 15 is 0 Å². The Morgan fingerprint density at radius 2 is 2.13 bits per heavy atom. The number of fused-ring (bicyclic) bond motifs is 2. The van der Waals surface area contributed by atoms with E-state index < -0.39 is 0 Å². The Hall–Kier alpha value is -0.570. The average Bonchev–Trinajstić information content (AvgIpc) is 2.78. The van der Waals surface area contributed by atoms with Crippen molar-refractivity contribution in [3.05, 3.63) is 0 Å². The largest absolute Gasteiger partial charge is 0.355 e. The molecule has 3 nitrogen and oxygen atoms in total. The summed E-state index contributed by atoms with van der Waals surface area (Å²) >= 11 is 0. The fraction of sp³-hybridized carbons (Fsp3) is 0.917. The number of nitrogens with one attached hydrogen (secondary N) is 2. The predicted molar refractivity (Wildman–Crippen MR) is 60.5 cm³/mol. The molecule has 2 N–H and O–H groups in total. The molecule has 1 amide bonds. The Morgan fingerprint density at radius 1 is 1.27 bits per heavy atom. The molecule has 0 heterocycles. The molecule has 2 aliphatic rings. The van der Waals surface area contributed by atoms with E-state index in [0.717, 1.165) is 37.4 Å². The van der Waals surface area contributed by atoms with Gasteiger partial charge in [0.25, 0.3) is 0 Å². The minimum atomic E-state index is 0.0664. The van der Waals surface area contributed by atoms with Gasteiger partial charge >= 0.3 is 0 Å². The molecule has 2 rings (SSSR count). The van der Waals surface area contributed by atoms with Crippen LogP contribution >= 0.6 is 0 Å². The highest BCUT2D eigenvalue weighted by atomic mass is 16.1. The lowest BCUT2D eigenvalue weighted by molar-refractivity contribution is -0.118. The highest BCUT2D eigenvalue weighted by Crippen LogP contribution is 2.47. The van der Waals surface area contributed by atoms with Gasteiger partial charge in [0, 0.05) is 20.0 Å². The average molecular weight is 210 g/mol. The summed E-state index contributed by atoms with van der Waals surface area (Å²) in [5.41, 5.74) is 0. The number of carbonyl (C=O) groups excluding carboxylic acids is 1. The van der Waals surface area contributed by atoms with Crippen molar-refractivity contribution in [2.24, 2.45) is 17.8 Å². The van der Waals surface area contributed by atoms with Gasteiger partial charge in [-0.2, -0.15) is 0 Å². The first-order valence-electron chi connectivity index (χ1n) is 6.21. The number of carbonyl (C=O) groups is 1. The molecule has 3 unspecified atom stereocenters. The number of hydrogen-bond donors (Lipinski definition) is 2. The van der Waals surface area contributed by atoms with Crippen molar-refractivity contribution in [1.29, 1.82) is 0 Å². The van der Waals surface area contributed by atoms with Gasteiger partial charge in [-0.15, -0.1) is 0 Å². The predicted octanol–water partition coefficient (Wildman–Crippen LogP) is 1.15. The number of hydrogen-bond acceptors (Lipinski definition) is 2. The Kier molecular flexibility index (Phi) is 3.62. The van der Waals surface area contributed by atoms with Crippen LogP contribution in [-0.4, -0.2) is 25.5 Å². The van der Waals surface area contributed by atoms with E-state index in [1.807, 2.05) is 0 Å². The summed E-state index contributed by atoms with van der Waals surface area (Å²) in [7, 11) is 0. The maximum absolute atomic E-state index is 10.6. The SMILES string of the molecule is CC(=O)NCCNCC1CC2CCC1C2. The zero-order valence-corrected chi connectivity index (χ0v) is 9.59. The molecule has 0 aromatic heterocycles. The van der Waals surface area contributed by atoms with Gasteiger partial charge in [0.2, 0.25) is 5.91 Å². The first-order valence-corrected chi connectivity index (χ1v) is 6.21. The van der Waals surface area contributed by atoms with E-state index in [4.69, 9.17) is 0 Å². The van der Waals surface area contributed by atoms with Crippen molar-refractivity contribution in [2.45, 2.75) is 32.6 Å². The van der Waals surface area contributed by atoms with E-state index in [2.05, 4.69) is 10.6 Å². The summed E-state index contributed by atoms with van der Waals surface area (Å²) in [4.78, 5) is 10.6. The van der Waals surface area contributed by atoms with E-state index in [-0.39, 0.29) is 5.91 Å². The van der Waals surface area contributed by atoms with Crippen LogP contribution in [0.4, 0.5) is 0 Å². The molecule has 0 aromatic rings. The third-order valence-electron chi connectivity index (χ3n) is 3.97. The van der Waals surface area contributed by atoms with Gasteiger partial charge in [-0.05, 0) is 43.6 Å². The second-order valence-corrected chi connectivity index (χ2v) is 5.12. The second kappa shape index (κ2) is 4.97. The first-order chi connectivity index (χ1) is 7.25. The fourth-order valence-electron chi connectivity index (χ4n) is 3.24. The van der Waals surface area contributed by atoms with Crippen molar-refractivity contribution in [1.82, 2.24) is 10.6 Å². The van der Waals surface area contributed by atoms with Crippen molar-refractivity contribution in [3.63, 3.8) is 0 Å². The Labute approximate surface area is 92.0 Å². The van der Waals surface area contributed by atoms with Crippen LogP contribution in [0.5, 0.6) is 0 Å². The van der Waals surface area contributed by atoms with Gasteiger partial charge in [-0.3, -0.25) is 4.79 Å². The molecule has 0 aliphatic heterocycles. The monoisotopic (exact) mass is 210 g/mol. The topological polar surface area (TPSA) is 41.1 Å². The van der Waals surface area contributed by atoms with Gasteiger partial charge < -0.3 is 10.6 Å². The van der Waals surface area contributed by atoms with Crippen LogP contribution in [-0.2, 0) is 4.79 Å². The van der Waals surface area contributed by atoms with Crippen molar-refractivity contribution in [2.75, 3.05) is 19.6 Å². The molecular weight excluding hydrogens is 188 g/mol. The summed E-state index contributed by atoms with van der Waals surface area (Å²) in [6.45, 7) is 4.39. The van der Waals surface area contributed by atoms with E-state index in [1.165, 1.54) is 25.7 Å². The zero-order valence-electron chi connectivity index (χ0n) is 9.59. The normalized spacial score (nSPS) is 33.3. The van der Waals surface area contributed by atoms with Gasteiger partial charge in [0.15, 0.2) is 0 Å². The van der Waals surface area contributed by atoms with Gasteiger partial charge in [0.05, 0.1) is 0 Å². The van der Waals surface area contributed by atoms with Crippen molar-refractivity contribution >= 4 is 5.91 Å². The maximum atomic E-state index is 10.6. The highest BCUT2D eigenvalue weighted by molar-refractivity contribution is 5.72. The molecule has 2 bridgehead atoms. The van der Waals surface area contributed by atoms with Crippen LogP contribution in [0.2, 0.25) is 0 Å². The Bertz CT molecular complexity index is 230. The molecule has 2 fully saturated rings. The first kappa shape index (κ1) is 10.9. The lowest BCUT2D eigenvalue weighted by atomic mass is 9.89. The zero-order chi connectivity index (χ0) is 10.7. The Balaban J connectivity index is 1.53. The maximum Gasteiger partial charge on any atom is 0.216 e. The van der Waals surface area contributed by atoms with Crippen LogP contribution in [0, 0.1) is 17.8 Å². The molecule has 0 radical (unpaired) electrons. The molecule has 2 aliphatic carbocycles. The van der Waals surface area contributed by atoms with Crippen molar-refractivity contribution in [3.8, 4) is 0 Å². The molecule has 0 spiro atoms. The quantitative estimate of drug-likeness (QED) is 0.668. The van der Waals surface area contributed by atoms with Crippen molar-refractivity contribution < 1.29 is 4.79 Å². The lowest BCUT2D eigenvalue weighted by Gasteiger charge is -2.21. The van der Waals surface area contributed by atoms with E-state index in [9.17, 15) is 4.79 Å². The molecule has 2 saturated carbocycles. The van der Waals surface area contributed by atoms with E-state index in [0.29, 0.717) is 0 Å². The summed E-state index contributed by atoms with van der Waals surface area (Å²) in [5, 5.41) is 6.26. The molecule has 0 saturated heterocycles. The molecule has 86 valence electrons. The van der Waals surface area contributed by atoms with Gasteiger partial charge in [-0.1, -0.05) is 6.42 Å². The van der Waals surface area contributed by atoms with Crippen LogP contribution in [0.3, 0.4) is 0 Å². The standard InChI is InChI=1S/C12H22N2O/c1-9(15)14-5-4-13-8-12-7-10-2-3-11(12)6-10/h10-13H,2-8H2,1H3,(H,14,15). The van der Waals surface area contributed by atoms with Crippen LogP contribution in [0.1, 0.15) is 32.6 Å².